The Balaban J connectivity index is 1.83. The quantitative estimate of drug-likeness (QED) is 0.317. The lowest BCUT2D eigenvalue weighted by atomic mass is 10.1. The Bertz CT molecular complexity index is 942. The summed E-state index contributed by atoms with van der Waals surface area (Å²) in [6.45, 7) is 1.62. The highest BCUT2D eigenvalue weighted by Gasteiger charge is 2.28. The smallest absolute Gasteiger partial charge is 0.405 e. The van der Waals surface area contributed by atoms with Crippen LogP contribution in [0.3, 0.4) is 0 Å². The van der Waals surface area contributed by atoms with Gasteiger partial charge < -0.3 is 29.5 Å². The number of benzene rings is 2. The van der Waals surface area contributed by atoms with E-state index in [0.717, 1.165) is 11.1 Å². The number of rotatable bonds is 16. The molecule has 37 heavy (non-hydrogen) atoms. The SMILES string of the molecule is CCOC(Cc1ccc(OCCN(CCCOCc2ccccc2)C(=O)NCC(F)(F)F)cc1)C(=O)O. The van der Waals surface area contributed by atoms with Gasteiger partial charge >= 0.3 is 18.2 Å². The lowest BCUT2D eigenvalue weighted by Gasteiger charge is -2.23. The third kappa shape index (κ3) is 12.5. The topological polar surface area (TPSA) is 97.3 Å². The highest BCUT2D eigenvalue weighted by Crippen LogP contribution is 2.15. The van der Waals surface area contributed by atoms with Crippen LogP contribution in [-0.2, 0) is 27.3 Å². The Labute approximate surface area is 214 Å². The van der Waals surface area contributed by atoms with Crippen LogP contribution in [0, 0.1) is 0 Å². The van der Waals surface area contributed by atoms with Crippen LogP contribution in [0.4, 0.5) is 18.0 Å². The molecule has 0 aromatic heterocycles. The second-order valence-corrected chi connectivity index (χ2v) is 8.13. The van der Waals surface area contributed by atoms with Crippen LogP contribution in [0.25, 0.3) is 0 Å². The summed E-state index contributed by atoms with van der Waals surface area (Å²) in [5.41, 5.74) is 1.75. The Morgan fingerprint density at radius 1 is 1.00 bits per heavy atom. The molecule has 2 N–H and O–H groups in total. The first-order chi connectivity index (χ1) is 17.7. The minimum absolute atomic E-state index is 0.0559. The monoisotopic (exact) mass is 526 g/mol. The molecular formula is C26H33F3N2O6. The molecule has 2 aromatic carbocycles. The number of alkyl halides is 3. The van der Waals surface area contributed by atoms with Gasteiger partial charge in [-0.05, 0) is 36.6 Å². The number of hydrogen-bond donors (Lipinski definition) is 2. The number of carboxylic acid groups (broad SMARTS) is 1. The van der Waals surface area contributed by atoms with E-state index in [4.69, 9.17) is 14.2 Å². The molecule has 2 rings (SSSR count). The largest absolute Gasteiger partial charge is 0.492 e. The molecule has 0 aliphatic carbocycles. The highest BCUT2D eigenvalue weighted by molar-refractivity contribution is 5.74. The number of hydrogen-bond acceptors (Lipinski definition) is 5. The first-order valence-corrected chi connectivity index (χ1v) is 11.9. The number of halogens is 3. The van der Waals surface area contributed by atoms with Crippen molar-refractivity contribution in [2.24, 2.45) is 0 Å². The maximum Gasteiger partial charge on any atom is 0.405 e. The summed E-state index contributed by atoms with van der Waals surface area (Å²) in [6, 6.07) is 15.4. The Kier molecular flexibility index (Phi) is 12.7. The van der Waals surface area contributed by atoms with Crippen LogP contribution in [0.1, 0.15) is 24.5 Å². The van der Waals surface area contributed by atoms with E-state index < -0.39 is 30.8 Å². The fourth-order valence-corrected chi connectivity index (χ4v) is 3.35. The van der Waals surface area contributed by atoms with Gasteiger partial charge in [-0.1, -0.05) is 42.5 Å². The fraction of sp³-hybridized carbons (Fsp3) is 0.462. The zero-order chi connectivity index (χ0) is 27.1. The van der Waals surface area contributed by atoms with E-state index in [-0.39, 0.29) is 32.7 Å². The molecule has 8 nitrogen and oxygen atoms in total. The summed E-state index contributed by atoms with van der Waals surface area (Å²) in [7, 11) is 0. The number of aliphatic carboxylic acids is 1. The molecule has 0 saturated heterocycles. The predicted octanol–water partition coefficient (Wildman–Crippen LogP) is 4.28. The molecule has 0 saturated carbocycles. The number of nitrogens with zero attached hydrogens (tertiary/aromatic N) is 1. The van der Waals surface area contributed by atoms with Crippen molar-refractivity contribution in [3.63, 3.8) is 0 Å². The third-order valence-corrected chi connectivity index (χ3v) is 5.17. The molecule has 1 unspecified atom stereocenters. The maximum atomic E-state index is 12.5. The van der Waals surface area contributed by atoms with Gasteiger partial charge in [-0.25, -0.2) is 9.59 Å². The normalized spacial score (nSPS) is 12.1. The van der Waals surface area contributed by atoms with Crippen LogP contribution in [0.2, 0.25) is 0 Å². The van der Waals surface area contributed by atoms with Crippen LogP contribution >= 0.6 is 0 Å². The standard InChI is InChI=1S/C26H33F3N2O6/c1-2-36-23(24(32)33)17-20-9-11-22(12-10-20)37-16-14-31(25(34)30-19-26(27,28)29)13-6-15-35-18-21-7-4-3-5-8-21/h3-5,7-12,23H,2,6,13-19H2,1H3,(H,30,34)(H,32,33). The van der Waals surface area contributed by atoms with Crippen LogP contribution < -0.4 is 10.1 Å². The van der Waals surface area contributed by atoms with Crippen LogP contribution in [0.5, 0.6) is 5.75 Å². The van der Waals surface area contributed by atoms with E-state index in [1.807, 2.05) is 35.6 Å². The highest BCUT2D eigenvalue weighted by atomic mass is 19.4. The molecule has 1 atom stereocenters. The number of carbonyl (C=O) groups excluding carboxylic acids is 1. The molecule has 0 fully saturated rings. The first-order valence-electron chi connectivity index (χ1n) is 11.9. The third-order valence-electron chi connectivity index (χ3n) is 5.17. The molecule has 2 amide bonds. The number of carboxylic acids is 1. The minimum atomic E-state index is -4.51. The number of nitrogens with one attached hydrogen (secondary N) is 1. The van der Waals surface area contributed by atoms with Gasteiger partial charge in [0.15, 0.2) is 6.10 Å². The summed E-state index contributed by atoms with van der Waals surface area (Å²) < 4.78 is 54.1. The van der Waals surface area contributed by atoms with Crippen molar-refractivity contribution < 1.29 is 42.1 Å². The van der Waals surface area contributed by atoms with Gasteiger partial charge in [0.25, 0.3) is 0 Å². The van der Waals surface area contributed by atoms with E-state index in [0.29, 0.717) is 25.4 Å². The lowest BCUT2D eigenvalue weighted by molar-refractivity contribution is -0.150. The molecule has 0 aliphatic heterocycles. The van der Waals surface area contributed by atoms with Crippen molar-refractivity contribution in [2.75, 3.05) is 39.5 Å². The van der Waals surface area contributed by atoms with Crippen LogP contribution in [-0.4, -0.2) is 73.7 Å². The second-order valence-electron chi connectivity index (χ2n) is 8.13. The number of urea groups is 1. The van der Waals surface area contributed by atoms with Crippen molar-refractivity contribution in [3.05, 3.63) is 65.7 Å². The molecule has 2 aromatic rings. The lowest BCUT2D eigenvalue weighted by Crippen LogP contribution is -2.45. The molecule has 0 bridgehead atoms. The number of carbonyl (C=O) groups is 2. The van der Waals surface area contributed by atoms with Crippen LogP contribution in [0.15, 0.2) is 54.6 Å². The Hall–Kier alpha value is -3.31. The van der Waals surface area contributed by atoms with Crippen molar-refractivity contribution in [2.45, 2.75) is 38.7 Å². The summed E-state index contributed by atoms with van der Waals surface area (Å²) in [5, 5.41) is 11.1. The molecule has 0 radical (unpaired) electrons. The summed E-state index contributed by atoms with van der Waals surface area (Å²) >= 11 is 0. The van der Waals surface area contributed by atoms with Gasteiger partial charge in [-0.15, -0.1) is 0 Å². The predicted molar refractivity (Wildman–Crippen MR) is 130 cm³/mol. The molecule has 204 valence electrons. The zero-order valence-corrected chi connectivity index (χ0v) is 20.7. The van der Waals surface area contributed by atoms with Crippen molar-refractivity contribution in [1.82, 2.24) is 10.2 Å². The van der Waals surface area contributed by atoms with E-state index in [1.165, 1.54) is 4.90 Å². The minimum Gasteiger partial charge on any atom is -0.492 e. The van der Waals surface area contributed by atoms with Crippen molar-refractivity contribution in [1.29, 1.82) is 0 Å². The van der Waals surface area contributed by atoms with Gasteiger partial charge in [-0.2, -0.15) is 13.2 Å². The molecule has 0 heterocycles. The molecule has 11 heteroatoms. The average molecular weight is 527 g/mol. The summed E-state index contributed by atoms with van der Waals surface area (Å²) in [5.74, 6) is -0.564. The van der Waals surface area contributed by atoms with E-state index in [2.05, 4.69) is 0 Å². The van der Waals surface area contributed by atoms with Gasteiger partial charge in [0.2, 0.25) is 0 Å². The van der Waals surface area contributed by atoms with E-state index in [1.54, 1.807) is 31.2 Å². The molecular weight excluding hydrogens is 493 g/mol. The summed E-state index contributed by atoms with van der Waals surface area (Å²) in [6.07, 6.45) is -4.83. The number of ether oxygens (including phenoxy) is 3. The Morgan fingerprint density at radius 2 is 1.70 bits per heavy atom. The van der Waals surface area contributed by atoms with Gasteiger partial charge in [0.05, 0.1) is 13.2 Å². The van der Waals surface area contributed by atoms with E-state index in [9.17, 15) is 27.9 Å². The van der Waals surface area contributed by atoms with E-state index >= 15 is 0 Å². The maximum absolute atomic E-state index is 12.5. The van der Waals surface area contributed by atoms with Crippen molar-refractivity contribution >= 4 is 12.0 Å². The molecule has 0 spiro atoms. The zero-order valence-electron chi connectivity index (χ0n) is 20.7. The number of amides is 2. The average Bonchev–Trinajstić information content (AvgIpc) is 2.86. The fourth-order valence-electron chi connectivity index (χ4n) is 3.35. The first kappa shape index (κ1) is 29.9. The summed E-state index contributed by atoms with van der Waals surface area (Å²) in [4.78, 5) is 24.8. The van der Waals surface area contributed by atoms with Crippen molar-refractivity contribution in [3.8, 4) is 5.75 Å². The molecule has 0 aliphatic rings. The Morgan fingerprint density at radius 3 is 2.32 bits per heavy atom. The van der Waals surface area contributed by atoms with Gasteiger partial charge in [0, 0.05) is 26.2 Å². The van der Waals surface area contributed by atoms with Gasteiger partial charge in [0.1, 0.15) is 18.9 Å². The van der Waals surface area contributed by atoms with Gasteiger partial charge in [-0.3, -0.25) is 0 Å². The second kappa shape index (κ2) is 15.7.